The van der Waals surface area contributed by atoms with Gasteiger partial charge in [0.05, 0.1) is 11.8 Å². The molecular formula is C18H23F3N4S. The largest absolute Gasteiger partial charge is 0.393 e. The molecule has 4 nitrogen and oxygen atoms in total. The van der Waals surface area contributed by atoms with Gasteiger partial charge in [-0.3, -0.25) is 0 Å². The fraction of sp³-hybridized carbons (Fsp3) is 0.667. The number of thiophene rings is 1. The number of fused-ring (bicyclic) bond motifs is 1. The Morgan fingerprint density at radius 3 is 2.77 bits per heavy atom. The van der Waals surface area contributed by atoms with Crippen LogP contribution in [0.15, 0.2) is 12.4 Å². The Labute approximate surface area is 155 Å². The molecule has 2 fully saturated rings. The van der Waals surface area contributed by atoms with Crippen molar-refractivity contribution in [2.24, 2.45) is 11.3 Å². The van der Waals surface area contributed by atoms with E-state index in [-0.39, 0.29) is 0 Å². The van der Waals surface area contributed by atoms with Crippen LogP contribution in [0.25, 0.3) is 10.2 Å². The second-order valence-corrected chi connectivity index (χ2v) is 9.24. The van der Waals surface area contributed by atoms with Gasteiger partial charge in [-0.15, -0.1) is 11.3 Å². The molecule has 142 valence electrons. The van der Waals surface area contributed by atoms with E-state index in [0.29, 0.717) is 15.1 Å². The summed E-state index contributed by atoms with van der Waals surface area (Å²) >= 11 is 1.12. The van der Waals surface area contributed by atoms with E-state index in [9.17, 15) is 13.2 Å². The molecule has 8 heteroatoms. The van der Waals surface area contributed by atoms with E-state index in [1.54, 1.807) is 6.07 Å². The van der Waals surface area contributed by atoms with E-state index >= 15 is 0 Å². The fourth-order valence-electron chi connectivity index (χ4n) is 4.69. The van der Waals surface area contributed by atoms with Gasteiger partial charge in [0.2, 0.25) is 0 Å². The van der Waals surface area contributed by atoms with Crippen LogP contribution in [0.4, 0.5) is 19.0 Å². The van der Waals surface area contributed by atoms with Crippen LogP contribution in [0, 0.1) is 11.3 Å². The molecule has 0 unspecified atom stereocenters. The molecule has 2 aromatic rings. The average molecular weight is 384 g/mol. The van der Waals surface area contributed by atoms with Crippen LogP contribution in [-0.2, 0) is 6.42 Å². The second kappa shape index (κ2) is 6.34. The molecule has 0 radical (unpaired) electrons. The van der Waals surface area contributed by atoms with Crippen LogP contribution >= 0.6 is 11.3 Å². The third kappa shape index (κ3) is 3.53. The monoisotopic (exact) mass is 384 g/mol. The zero-order chi connectivity index (χ0) is 18.5. The maximum Gasteiger partial charge on any atom is 0.393 e. The summed E-state index contributed by atoms with van der Waals surface area (Å²) < 4.78 is 38.1. The van der Waals surface area contributed by atoms with Gasteiger partial charge in [-0.25, -0.2) is 9.97 Å². The molecule has 26 heavy (non-hydrogen) atoms. The van der Waals surface area contributed by atoms with E-state index < -0.39 is 12.6 Å². The molecule has 1 aliphatic carbocycles. The minimum absolute atomic E-state index is 0.304. The van der Waals surface area contributed by atoms with Crippen molar-refractivity contribution in [3.8, 4) is 0 Å². The second-order valence-electron chi connectivity index (χ2n) is 8.13. The SMILES string of the molecule is CN(C)CC1CC2(CCN(c3ncnc4sc(CC(F)(F)F)cc34)C2)C1. The van der Waals surface area contributed by atoms with Crippen molar-refractivity contribution < 1.29 is 13.2 Å². The summed E-state index contributed by atoms with van der Waals surface area (Å²) in [7, 11) is 4.22. The lowest BCUT2D eigenvalue weighted by molar-refractivity contribution is -0.126. The zero-order valence-corrected chi connectivity index (χ0v) is 15.8. The maximum atomic E-state index is 12.7. The Kier molecular flexibility index (Phi) is 4.38. The molecule has 1 spiro atoms. The van der Waals surface area contributed by atoms with E-state index in [1.165, 1.54) is 19.2 Å². The van der Waals surface area contributed by atoms with Crippen LogP contribution in [0.2, 0.25) is 0 Å². The van der Waals surface area contributed by atoms with Gasteiger partial charge in [0.1, 0.15) is 17.0 Å². The first kappa shape index (κ1) is 18.0. The summed E-state index contributed by atoms with van der Waals surface area (Å²) in [5.74, 6) is 1.56. The van der Waals surface area contributed by atoms with Gasteiger partial charge in [-0.1, -0.05) is 0 Å². The molecule has 2 aromatic heterocycles. The molecule has 4 rings (SSSR count). The van der Waals surface area contributed by atoms with Crippen LogP contribution in [0.5, 0.6) is 0 Å². The van der Waals surface area contributed by atoms with Gasteiger partial charge >= 0.3 is 6.18 Å². The van der Waals surface area contributed by atoms with Crippen molar-refractivity contribution in [1.29, 1.82) is 0 Å². The average Bonchev–Trinajstić information content (AvgIpc) is 3.07. The van der Waals surface area contributed by atoms with Crippen molar-refractivity contribution in [2.45, 2.75) is 31.9 Å². The summed E-state index contributed by atoms with van der Waals surface area (Å²) in [6.45, 7) is 3.00. The third-order valence-electron chi connectivity index (χ3n) is 5.54. The number of nitrogens with zero attached hydrogens (tertiary/aromatic N) is 4. The lowest BCUT2D eigenvalue weighted by Crippen LogP contribution is -2.43. The number of aromatic nitrogens is 2. The minimum Gasteiger partial charge on any atom is -0.355 e. The highest BCUT2D eigenvalue weighted by Crippen LogP contribution is 2.52. The zero-order valence-electron chi connectivity index (χ0n) is 15.0. The molecular weight excluding hydrogens is 361 g/mol. The summed E-state index contributed by atoms with van der Waals surface area (Å²) in [4.78, 5) is 14.1. The van der Waals surface area contributed by atoms with E-state index in [0.717, 1.165) is 54.5 Å². The molecule has 1 saturated heterocycles. The first-order valence-corrected chi connectivity index (χ1v) is 9.75. The lowest BCUT2D eigenvalue weighted by atomic mass is 9.61. The Bertz CT molecular complexity index is 795. The van der Waals surface area contributed by atoms with Gasteiger partial charge in [-0.2, -0.15) is 13.2 Å². The van der Waals surface area contributed by atoms with Crippen molar-refractivity contribution in [3.05, 3.63) is 17.3 Å². The molecule has 1 aliphatic heterocycles. The number of hydrogen-bond donors (Lipinski definition) is 0. The smallest absolute Gasteiger partial charge is 0.355 e. The van der Waals surface area contributed by atoms with Crippen molar-refractivity contribution >= 4 is 27.4 Å². The van der Waals surface area contributed by atoms with E-state index in [4.69, 9.17) is 0 Å². The Hall–Kier alpha value is -1.41. The number of hydrogen-bond acceptors (Lipinski definition) is 5. The van der Waals surface area contributed by atoms with E-state index in [2.05, 4.69) is 33.9 Å². The van der Waals surface area contributed by atoms with Crippen LogP contribution < -0.4 is 4.90 Å². The first-order chi connectivity index (χ1) is 12.2. The Morgan fingerprint density at radius 1 is 1.31 bits per heavy atom. The predicted molar refractivity (Wildman–Crippen MR) is 97.7 cm³/mol. The lowest BCUT2D eigenvalue weighted by Gasteiger charge is -2.46. The van der Waals surface area contributed by atoms with Crippen LogP contribution in [-0.4, -0.2) is 54.8 Å². The van der Waals surface area contributed by atoms with Crippen LogP contribution in [0.1, 0.15) is 24.1 Å². The molecule has 0 aromatic carbocycles. The van der Waals surface area contributed by atoms with E-state index in [1.807, 2.05) is 0 Å². The summed E-state index contributed by atoms with van der Waals surface area (Å²) in [6.07, 6.45) is -0.00494. The number of rotatable bonds is 4. The number of alkyl halides is 3. The number of halogens is 3. The highest BCUT2D eigenvalue weighted by molar-refractivity contribution is 7.18. The van der Waals surface area contributed by atoms with Gasteiger partial charge in [-0.05, 0) is 50.8 Å². The topological polar surface area (TPSA) is 32.3 Å². The van der Waals surface area contributed by atoms with Crippen molar-refractivity contribution in [3.63, 3.8) is 0 Å². The van der Waals surface area contributed by atoms with Gasteiger partial charge in [0, 0.05) is 24.5 Å². The van der Waals surface area contributed by atoms with Gasteiger partial charge < -0.3 is 9.80 Å². The highest BCUT2D eigenvalue weighted by Gasteiger charge is 2.48. The highest BCUT2D eigenvalue weighted by atomic mass is 32.1. The molecule has 2 aliphatic rings. The molecule has 1 saturated carbocycles. The molecule has 0 amide bonds. The molecule has 3 heterocycles. The molecule has 0 bridgehead atoms. The maximum absolute atomic E-state index is 12.7. The molecule has 0 N–H and O–H groups in total. The summed E-state index contributed by atoms with van der Waals surface area (Å²) in [5.41, 5.74) is 0.364. The standard InChI is InChI=1S/C18H23F3N4S/c1-24(2)9-12-6-17(7-12)3-4-25(10-17)15-14-5-13(8-18(19,20)21)26-16(14)23-11-22-15/h5,11-12H,3-4,6-10H2,1-2H3. The van der Waals surface area contributed by atoms with Crippen molar-refractivity contribution in [1.82, 2.24) is 14.9 Å². The van der Waals surface area contributed by atoms with Crippen molar-refractivity contribution in [2.75, 3.05) is 38.6 Å². The quantitative estimate of drug-likeness (QED) is 0.799. The van der Waals surface area contributed by atoms with Gasteiger partial charge in [0.25, 0.3) is 0 Å². The third-order valence-corrected chi connectivity index (χ3v) is 6.58. The Balaban J connectivity index is 1.51. The fourth-order valence-corrected chi connectivity index (χ4v) is 5.71. The molecule has 0 atom stereocenters. The first-order valence-electron chi connectivity index (χ1n) is 8.93. The normalized spacial score (nSPS) is 26.2. The van der Waals surface area contributed by atoms with Crippen LogP contribution in [0.3, 0.4) is 0 Å². The summed E-state index contributed by atoms with van der Waals surface area (Å²) in [5, 5.41) is 0.762. The predicted octanol–water partition coefficient (Wildman–Crippen LogP) is 3.96. The summed E-state index contributed by atoms with van der Waals surface area (Å²) in [6, 6.07) is 1.63. The Morgan fingerprint density at radius 2 is 2.08 bits per heavy atom. The van der Waals surface area contributed by atoms with Gasteiger partial charge in [0.15, 0.2) is 0 Å². The number of anilines is 1. The minimum atomic E-state index is -4.19.